The van der Waals surface area contributed by atoms with Crippen LogP contribution in [0.25, 0.3) is 0 Å². The molecule has 0 spiro atoms. The Kier molecular flexibility index (Phi) is 11.9. The standard InChI is InChI=1S/C43H55ClN4O5S/c1-31-10-9-20-43(52-3,30-46-22-24-47(25-23-46)38-12-5-4-6-13-38)39-18-15-35(39)28-48-21-8-7-11-33-26-37(44)17-14-36(33)29-53-41-19-16-34(27-40(41)48)42(49)45-54(50,51)32(31)2/h4-6,9,12-14,16-17,19-20,26-27,31-32,35,39H,7-8,10-11,15,18,21-25,28-30H2,1-3H3,(H,45,49)/b20-9+/t31-,32+,35-,39+,43+/m0/s1. The predicted octanol–water partition coefficient (Wildman–Crippen LogP) is 7.34. The van der Waals surface area contributed by atoms with E-state index in [4.69, 9.17) is 21.1 Å². The number of fused-ring (bicyclic) bond motifs is 3. The maximum Gasteiger partial charge on any atom is 0.264 e. The monoisotopic (exact) mass is 774 g/mol. The molecule has 11 heteroatoms. The van der Waals surface area contributed by atoms with E-state index in [0.29, 0.717) is 35.3 Å². The molecule has 1 N–H and O–H groups in total. The molecule has 290 valence electrons. The Balaban J connectivity index is 1.22. The molecule has 1 amide bonds. The molecule has 4 aliphatic rings. The lowest BCUT2D eigenvalue weighted by Crippen LogP contribution is -2.58. The number of allylic oxidation sites excluding steroid dienone is 1. The van der Waals surface area contributed by atoms with E-state index in [9.17, 15) is 13.2 Å². The van der Waals surface area contributed by atoms with Crippen LogP contribution in [-0.2, 0) is 27.8 Å². The van der Waals surface area contributed by atoms with Crippen molar-refractivity contribution in [1.29, 1.82) is 0 Å². The smallest absolute Gasteiger partial charge is 0.264 e. The number of methoxy groups -OCH3 is 1. The summed E-state index contributed by atoms with van der Waals surface area (Å²) < 4.78 is 42.9. The number of anilines is 2. The molecule has 0 radical (unpaired) electrons. The van der Waals surface area contributed by atoms with E-state index in [1.165, 1.54) is 11.3 Å². The second-order valence-corrected chi connectivity index (χ2v) is 18.3. The van der Waals surface area contributed by atoms with E-state index in [1.54, 1.807) is 13.0 Å². The van der Waals surface area contributed by atoms with Gasteiger partial charge in [0, 0.05) is 69.2 Å². The number of nitrogens with one attached hydrogen (secondary N) is 1. The Morgan fingerprint density at radius 1 is 0.926 bits per heavy atom. The minimum Gasteiger partial charge on any atom is -0.487 e. The van der Waals surface area contributed by atoms with Crippen LogP contribution in [0.15, 0.2) is 78.9 Å². The minimum atomic E-state index is -3.96. The highest BCUT2D eigenvalue weighted by atomic mass is 35.5. The number of amides is 1. The number of hydrogen-bond donors (Lipinski definition) is 1. The highest BCUT2D eigenvalue weighted by Gasteiger charge is 2.48. The number of piperazine rings is 1. The van der Waals surface area contributed by atoms with Crippen molar-refractivity contribution in [1.82, 2.24) is 9.62 Å². The largest absolute Gasteiger partial charge is 0.487 e. The minimum absolute atomic E-state index is 0.227. The molecular formula is C43H55ClN4O5S. The zero-order valence-electron chi connectivity index (χ0n) is 31.9. The molecule has 3 aromatic carbocycles. The van der Waals surface area contributed by atoms with Crippen molar-refractivity contribution in [3.8, 4) is 5.75 Å². The molecule has 2 fully saturated rings. The van der Waals surface area contributed by atoms with Gasteiger partial charge in [-0.1, -0.05) is 54.9 Å². The van der Waals surface area contributed by atoms with E-state index in [-0.39, 0.29) is 11.8 Å². The molecule has 1 saturated carbocycles. The van der Waals surface area contributed by atoms with Gasteiger partial charge in [0.05, 0.1) is 10.9 Å². The number of ether oxygens (including phenoxy) is 2. The lowest BCUT2D eigenvalue weighted by molar-refractivity contribution is -0.0919. The maximum absolute atomic E-state index is 13.6. The van der Waals surface area contributed by atoms with Gasteiger partial charge in [0.2, 0.25) is 10.0 Å². The molecule has 54 heavy (non-hydrogen) atoms. The molecule has 0 unspecified atom stereocenters. The topological polar surface area (TPSA) is 91.4 Å². The second-order valence-electron chi connectivity index (χ2n) is 15.8. The van der Waals surface area contributed by atoms with Crippen LogP contribution in [0.5, 0.6) is 5.75 Å². The van der Waals surface area contributed by atoms with Crippen molar-refractivity contribution in [2.24, 2.45) is 17.8 Å². The van der Waals surface area contributed by atoms with Gasteiger partial charge in [-0.25, -0.2) is 13.1 Å². The molecule has 1 saturated heterocycles. The van der Waals surface area contributed by atoms with Crippen molar-refractivity contribution in [3.05, 3.63) is 101 Å². The summed E-state index contributed by atoms with van der Waals surface area (Å²) in [6, 6.07) is 21.9. The van der Waals surface area contributed by atoms with Gasteiger partial charge in [-0.05, 0) is 117 Å². The van der Waals surface area contributed by atoms with Crippen molar-refractivity contribution in [2.45, 2.75) is 69.8 Å². The number of carbonyl (C=O) groups is 1. The zero-order chi connectivity index (χ0) is 37.9. The van der Waals surface area contributed by atoms with E-state index < -0.39 is 26.8 Å². The molecule has 5 atom stereocenters. The van der Waals surface area contributed by atoms with Crippen LogP contribution in [-0.4, -0.2) is 83.0 Å². The molecule has 0 aromatic heterocycles. The lowest BCUT2D eigenvalue weighted by atomic mass is 9.63. The first-order valence-electron chi connectivity index (χ1n) is 19.7. The molecule has 1 aliphatic carbocycles. The summed E-state index contributed by atoms with van der Waals surface area (Å²) in [4.78, 5) is 21.0. The summed E-state index contributed by atoms with van der Waals surface area (Å²) in [5.41, 5.74) is 4.10. The number of hydrogen-bond acceptors (Lipinski definition) is 8. The molecule has 3 heterocycles. The third kappa shape index (κ3) is 8.47. The van der Waals surface area contributed by atoms with Crippen molar-refractivity contribution >= 4 is 38.9 Å². The zero-order valence-corrected chi connectivity index (χ0v) is 33.5. The molecule has 2 bridgehead atoms. The molecule has 3 aromatic rings. The van der Waals surface area contributed by atoms with E-state index >= 15 is 0 Å². The third-order valence-corrected chi connectivity index (χ3v) is 14.7. The van der Waals surface area contributed by atoms with Gasteiger partial charge in [0.25, 0.3) is 5.91 Å². The van der Waals surface area contributed by atoms with E-state index in [0.717, 1.165) is 89.2 Å². The summed E-state index contributed by atoms with van der Waals surface area (Å²) in [6.45, 7) is 10.1. The summed E-state index contributed by atoms with van der Waals surface area (Å²) in [5, 5.41) is -0.0686. The first-order valence-corrected chi connectivity index (χ1v) is 21.6. The number of sulfonamides is 1. The third-order valence-electron chi connectivity index (χ3n) is 12.5. The van der Waals surface area contributed by atoms with E-state index in [1.807, 2.05) is 44.4 Å². The Morgan fingerprint density at radius 2 is 1.72 bits per heavy atom. The SMILES string of the molecule is CO[C@@]1(CN2CCN(c3ccccc3)CC2)/C=C/C[C@H](C)[C@@H](C)S(=O)(=O)NC(=O)c2ccc3c(c2)N(CCCCc2cc(Cl)ccc2CO3)C[C@@H]2CC[C@H]21. The van der Waals surface area contributed by atoms with Crippen molar-refractivity contribution < 1.29 is 22.7 Å². The Hall–Kier alpha value is -3.57. The maximum atomic E-state index is 13.6. The predicted molar refractivity (Wildman–Crippen MR) is 217 cm³/mol. The fourth-order valence-electron chi connectivity index (χ4n) is 8.78. The van der Waals surface area contributed by atoms with Crippen molar-refractivity contribution in [2.75, 3.05) is 62.7 Å². The van der Waals surface area contributed by atoms with Crippen LogP contribution < -0.4 is 19.3 Å². The average molecular weight is 775 g/mol. The first-order chi connectivity index (χ1) is 26.0. The fourth-order valence-corrected chi connectivity index (χ4v) is 10.3. The number of rotatable bonds is 4. The van der Waals surface area contributed by atoms with Gasteiger partial charge in [0.1, 0.15) is 18.0 Å². The first kappa shape index (κ1) is 38.7. The highest BCUT2D eigenvalue weighted by molar-refractivity contribution is 7.90. The summed E-state index contributed by atoms with van der Waals surface area (Å²) >= 11 is 6.41. The molecule has 9 nitrogen and oxygen atoms in total. The van der Waals surface area contributed by atoms with Gasteiger partial charge in [-0.3, -0.25) is 9.69 Å². The van der Waals surface area contributed by atoms with Gasteiger partial charge in [0.15, 0.2) is 0 Å². The Labute approximate surface area is 326 Å². The molecule has 3 aliphatic heterocycles. The van der Waals surface area contributed by atoms with E-state index in [2.05, 4.69) is 61.9 Å². The number of aryl methyl sites for hydroxylation is 1. The number of carbonyl (C=O) groups excluding carboxylic acids is 1. The van der Waals surface area contributed by atoms with Crippen LogP contribution >= 0.6 is 11.6 Å². The van der Waals surface area contributed by atoms with Crippen molar-refractivity contribution in [3.63, 3.8) is 0 Å². The number of benzene rings is 3. The summed E-state index contributed by atoms with van der Waals surface area (Å²) in [7, 11) is -2.12. The van der Waals surface area contributed by atoms with Crippen LogP contribution in [0, 0.1) is 17.8 Å². The summed E-state index contributed by atoms with van der Waals surface area (Å²) in [5.74, 6) is 0.424. The van der Waals surface area contributed by atoms with Crippen LogP contribution in [0.2, 0.25) is 5.02 Å². The summed E-state index contributed by atoms with van der Waals surface area (Å²) in [6.07, 6.45) is 9.86. The Bertz CT molecular complexity index is 1920. The van der Waals surface area contributed by atoms with Crippen LogP contribution in [0.1, 0.15) is 67.4 Å². The lowest BCUT2D eigenvalue weighted by Gasteiger charge is -2.52. The fraction of sp³-hybridized carbons (Fsp3) is 0.512. The van der Waals surface area contributed by atoms with Gasteiger partial charge < -0.3 is 19.3 Å². The van der Waals surface area contributed by atoms with Crippen LogP contribution in [0.3, 0.4) is 0 Å². The highest BCUT2D eigenvalue weighted by Crippen LogP contribution is 2.47. The quantitative estimate of drug-likeness (QED) is 0.276. The van der Waals surface area contributed by atoms with Crippen LogP contribution in [0.4, 0.5) is 11.4 Å². The number of nitrogens with zero attached hydrogens (tertiary/aromatic N) is 3. The average Bonchev–Trinajstić information content (AvgIpc) is 3.19. The Morgan fingerprint density at radius 3 is 2.46 bits per heavy atom. The van der Waals surface area contributed by atoms with Gasteiger partial charge >= 0.3 is 0 Å². The number of para-hydroxylation sites is 1. The number of halogens is 1. The van der Waals surface area contributed by atoms with Gasteiger partial charge in [-0.2, -0.15) is 0 Å². The van der Waals surface area contributed by atoms with Gasteiger partial charge in [-0.15, -0.1) is 0 Å². The molecular weight excluding hydrogens is 720 g/mol. The normalized spacial score (nSPS) is 28.6. The molecule has 7 rings (SSSR count). The second kappa shape index (κ2) is 16.7.